The molecule has 0 aliphatic rings. The molecule has 2 N–H and O–H groups in total. The van der Waals surface area contributed by atoms with Gasteiger partial charge in [0.15, 0.2) is 0 Å². The molecule has 128 valence electrons. The van der Waals surface area contributed by atoms with Crippen LogP contribution in [0.5, 0.6) is 0 Å². The lowest BCUT2D eigenvalue weighted by molar-refractivity contribution is 0.0525. The fourth-order valence-electron chi connectivity index (χ4n) is 2.72. The number of amides is 1. The Hall–Kier alpha value is -2.56. The normalized spacial score (nSPS) is 11.8. The van der Waals surface area contributed by atoms with Crippen molar-refractivity contribution >= 4 is 11.9 Å². The first-order valence-corrected chi connectivity index (χ1v) is 8.15. The van der Waals surface area contributed by atoms with Crippen LogP contribution in [0.25, 0.3) is 0 Å². The predicted molar refractivity (Wildman–Crippen MR) is 93.4 cm³/mol. The van der Waals surface area contributed by atoms with Crippen molar-refractivity contribution in [2.45, 2.75) is 33.6 Å². The number of H-pyrrole nitrogens is 1. The topological polar surface area (TPSA) is 71.2 Å². The molecule has 0 bridgehead atoms. The summed E-state index contributed by atoms with van der Waals surface area (Å²) in [6, 6.07) is 10.0. The van der Waals surface area contributed by atoms with Crippen molar-refractivity contribution in [1.29, 1.82) is 0 Å². The number of esters is 1. The Morgan fingerprint density at radius 3 is 2.50 bits per heavy atom. The largest absolute Gasteiger partial charge is 0.462 e. The number of nitrogens with one attached hydrogen (secondary N) is 2. The second-order valence-electron chi connectivity index (χ2n) is 5.87. The van der Waals surface area contributed by atoms with Crippen LogP contribution in [0.1, 0.15) is 57.4 Å². The van der Waals surface area contributed by atoms with E-state index in [9.17, 15) is 9.59 Å². The number of hydrogen-bond acceptors (Lipinski definition) is 3. The molecule has 1 atom stereocenters. The zero-order chi connectivity index (χ0) is 17.7. The Kier molecular flexibility index (Phi) is 5.79. The van der Waals surface area contributed by atoms with Gasteiger partial charge in [0.05, 0.1) is 12.2 Å². The Bertz CT molecular complexity index is 720. The van der Waals surface area contributed by atoms with Crippen molar-refractivity contribution in [3.63, 3.8) is 0 Å². The molecule has 0 fully saturated rings. The van der Waals surface area contributed by atoms with E-state index in [1.54, 1.807) is 20.8 Å². The summed E-state index contributed by atoms with van der Waals surface area (Å²) in [5.74, 6) is -0.412. The second kappa shape index (κ2) is 7.81. The number of benzene rings is 1. The summed E-state index contributed by atoms with van der Waals surface area (Å²) in [6.07, 6.45) is 0. The SMILES string of the molecule is CCOC(=O)c1c(C)[nH]c(C(=O)NC[C@H](C)c2ccccc2)c1C. The van der Waals surface area contributed by atoms with Gasteiger partial charge >= 0.3 is 5.97 Å². The van der Waals surface area contributed by atoms with Gasteiger partial charge in [-0.25, -0.2) is 4.79 Å². The maximum absolute atomic E-state index is 12.5. The number of aromatic amines is 1. The molecule has 1 aromatic carbocycles. The maximum atomic E-state index is 12.5. The average molecular weight is 328 g/mol. The van der Waals surface area contributed by atoms with Gasteiger partial charge in [0.2, 0.25) is 0 Å². The van der Waals surface area contributed by atoms with Gasteiger partial charge in [-0.05, 0) is 37.8 Å². The molecule has 0 aliphatic heterocycles. The fraction of sp³-hybridized carbons (Fsp3) is 0.368. The first-order valence-electron chi connectivity index (χ1n) is 8.15. The van der Waals surface area contributed by atoms with Crippen molar-refractivity contribution in [2.75, 3.05) is 13.2 Å². The van der Waals surface area contributed by atoms with E-state index < -0.39 is 5.97 Å². The van der Waals surface area contributed by atoms with Gasteiger partial charge in [-0.2, -0.15) is 0 Å². The maximum Gasteiger partial charge on any atom is 0.340 e. The molecular formula is C19H24N2O3. The van der Waals surface area contributed by atoms with Crippen molar-refractivity contribution < 1.29 is 14.3 Å². The molecule has 0 saturated carbocycles. The lowest BCUT2D eigenvalue weighted by atomic mass is 10.0. The number of aryl methyl sites for hydroxylation is 1. The van der Waals surface area contributed by atoms with Gasteiger partial charge in [-0.3, -0.25) is 4.79 Å². The number of carbonyl (C=O) groups is 2. The van der Waals surface area contributed by atoms with E-state index in [-0.39, 0.29) is 11.8 Å². The molecule has 5 heteroatoms. The molecule has 0 saturated heterocycles. The molecule has 0 radical (unpaired) electrons. The van der Waals surface area contributed by atoms with E-state index in [0.717, 1.165) is 0 Å². The van der Waals surface area contributed by atoms with E-state index in [0.29, 0.717) is 35.7 Å². The lowest BCUT2D eigenvalue weighted by Crippen LogP contribution is -2.28. The molecule has 1 aromatic heterocycles. The number of hydrogen-bond donors (Lipinski definition) is 2. The van der Waals surface area contributed by atoms with Gasteiger partial charge in [-0.1, -0.05) is 37.3 Å². The predicted octanol–water partition coefficient (Wildman–Crippen LogP) is 3.34. The highest BCUT2D eigenvalue weighted by Crippen LogP contribution is 2.19. The minimum atomic E-state index is -0.402. The molecule has 5 nitrogen and oxygen atoms in total. The third-order valence-electron chi connectivity index (χ3n) is 4.08. The summed E-state index contributed by atoms with van der Waals surface area (Å²) in [7, 11) is 0. The third-order valence-corrected chi connectivity index (χ3v) is 4.08. The van der Waals surface area contributed by atoms with Crippen molar-refractivity contribution in [3.05, 3.63) is 58.4 Å². The van der Waals surface area contributed by atoms with E-state index in [4.69, 9.17) is 4.74 Å². The number of aromatic nitrogens is 1. The quantitative estimate of drug-likeness (QED) is 0.799. The summed E-state index contributed by atoms with van der Waals surface area (Å²) in [5.41, 5.74) is 3.29. The highest BCUT2D eigenvalue weighted by atomic mass is 16.5. The zero-order valence-electron chi connectivity index (χ0n) is 14.6. The Labute approximate surface area is 142 Å². The van der Waals surface area contributed by atoms with Crippen molar-refractivity contribution in [3.8, 4) is 0 Å². The summed E-state index contributed by atoms with van der Waals surface area (Å²) < 4.78 is 5.05. The Morgan fingerprint density at radius 1 is 1.21 bits per heavy atom. The molecule has 0 unspecified atom stereocenters. The van der Waals surface area contributed by atoms with E-state index in [1.807, 2.05) is 30.3 Å². The Balaban J connectivity index is 2.08. The van der Waals surface area contributed by atoms with Gasteiger partial charge in [0.1, 0.15) is 5.69 Å². The summed E-state index contributed by atoms with van der Waals surface area (Å²) in [4.78, 5) is 27.5. The number of carbonyl (C=O) groups excluding carboxylic acids is 2. The number of ether oxygens (including phenoxy) is 1. The molecular weight excluding hydrogens is 304 g/mol. The van der Waals surface area contributed by atoms with Crippen LogP contribution < -0.4 is 5.32 Å². The molecule has 0 spiro atoms. The average Bonchev–Trinajstić information content (AvgIpc) is 2.88. The zero-order valence-corrected chi connectivity index (χ0v) is 14.6. The fourth-order valence-corrected chi connectivity index (χ4v) is 2.72. The Morgan fingerprint density at radius 2 is 1.88 bits per heavy atom. The third kappa shape index (κ3) is 3.85. The molecule has 24 heavy (non-hydrogen) atoms. The first kappa shape index (κ1) is 17.8. The van der Waals surface area contributed by atoms with E-state index >= 15 is 0 Å². The molecule has 2 rings (SSSR count). The smallest absolute Gasteiger partial charge is 0.340 e. The van der Waals surface area contributed by atoms with Crippen LogP contribution in [0.3, 0.4) is 0 Å². The van der Waals surface area contributed by atoms with Gasteiger partial charge < -0.3 is 15.0 Å². The van der Waals surface area contributed by atoms with E-state index in [2.05, 4.69) is 17.2 Å². The first-order chi connectivity index (χ1) is 11.5. The summed E-state index contributed by atoms with van der Waals surface area (Å²) in [6.45, 7) is 8.17. The van der Waals surface area contributed by atoms with Crippen LogP contribution >= 0.6 is 0 Å². The van der Waals surface area contributed by atoms with Crippen LogP contribution in [-0.2, 0) is 4.74 Å². The molecule has 1 amide bonds. The monoisotopic (exact) mass is 328 g/mol. The molecule has 0 aliphatic carbocycles. The minimum absolute atomic E-state index is 0.205. The number of rotatable bonds is 6. The van der Waals surface area contributed by atoms with Gasteiger partial charge in [0, 0.05) is 12.2 Å². The highest BCUT2D eigenvalue weighted by Gasteiger charge is 2.22. The minimum Gasteiger partial charge on any atom is -0.462 e. The van der Waals surface area contributed by atoms with Crippen LogP contribution in [-0.4, -0.2) is 30.0 Å². The van der Waals surface area contributed by atoms with Crippen LogP contribution in [0.2, 0.25) is 0 Å². The summed E-state index contributed by atoms with van der Waals surface area (Å²) >= 11 is 0. The lowest BCUT2D eigenvalue weighted by Gasteiger charge is -2.13. The van der Waals surface area contributed by atoms with Crippen molar-refractivity contribution in [1.82, 2.24) is 10.3 Å². The summed E-state index contributed by atoms with van der Waals surface area (Å²) in [5, 5.41) is 2.93. The second-order valence-corrected chi connectivity index (χ2v) is 5.87. The van der Waals surface area contributed by atoms with Crippen LogP contribution in [0.4, 0.5) is 0 Å². The standard InChI is InChI=1S/C19H24N2O3/c1-5-24-19(23)16-13(3)17(21-14(16)4)18(22)20-11-12(2)15-9-7-6-8-10-15/h6-10,12,21H,5,11H2,1-4H3,(H,20,22)/t12-/m0/s1. The van der Waals surface area contributed by atoms with Gasteiger partial charge in [-0.15, -0.1) is 0 Å². The van der Waals surface area contributed by atoms with Gasteiger partial charge in [0.25, 0.3) is 5.91 Å². The van der Waals surface area contributed by atoms with Crippen LogP contribution in [0, 0.1) is 13.8 Å². The molecule has 1 heterocycles. The molecule has 2 aromatic rings. The van der Waals surface area contributed by atoms with Crippen LogP contribution in [0.15, 0.2) is 30.3 Å². The van der Waals surface area contributed by atoms with Crippen molar-refractivity contribution in [2.24, 2.45) is 0 Å². The van der Waals surface area contributed by atoms with E-state index in [1.165, 1.54) is 5.56 Å². The highest BCUT2D eigenvalue weighted by molar-refractivity contribution is 6.00.